The summed E-state index contributed by atoms with van der Waals surface area (Å²) in [6, 6.07) is 0.229. The van der Waals surface area contributed by atoms with Gasteiger partial charge in [-0.05, 0) is 34.0 Å². The topological polar surface area (TPSA) is 46.0 Å². The molecule has 0 saturated heterocycles. The largest absolute Gasteiger partial charge is 0.307 e. The maximum atomic E-state index is 4.04. The number of hydrogen-bond acceptors (Lipinski definition) is 4. The summed E-state index contributed by atoms with van der Waals surface area (Å²) in [6.07, 6.45) is 2.91. The molecular weight excluding hydrogens is 214 g/mol. The number of aryl methyl sites for hydroxylation is 1. The van der Waals surface area contributed by atoms with Crippen LogP contribution in [0.2, 0.25) is 0 Å². The third-order valence-electron chi connectivity index (χ3n) is 3.81. The first-order valence-electron chi connectivity index (χ1n) is 6.22. The maximum Gasteiger partial charge on any atom is 0.0772 e. The van der Waals surface area contributed by atoms with Crippen molar-refractivity contribution in [2.24, 2.45) is 7.05 Å². The fourth-order valence-corrected chi connectivity index (χ4v) is 2.18. The average Bonchev–Trinajstić information content (AvgIpc) is 2.71. The molecule has 0 aliphatic heterocycles. The molecule has 0 bridgehead atoms. The molecule has 2 atom stereocenters. The molecule has 5 nitrogen and oxygen atoms in total. The maximum absolute atomic E-state index is 4.04. The van der Waals surface area contributed by atoms with Crippen LogP contribution in [0.3, 0.4) is 0 Å². The summed E-state index contributed by atoms with van der Waals surface area (Å²) in [5.41, 5.74) is 1.18. The second kappa shape index (κ2) is 5.60. The lowest BCUT2D eigenvalue weighted by Gasteiger charge is -2.42. The van der Waals surface area contributed by atoms with Gasteiger partial charge in [0.15, 0.2) is 0 Å². The van der Waals surface area contributed by atoms with Crippen LogP contribution >= 0.6 is 0 Å². The summed E-state index contributed by atoms with van der Waals surface area (Å²) < 4.78 is 1.85. The first kappa shape index (κ1) is 14.1. The van der Waals surface area contributed by atoms with E-state index in [4.69, 9.17) is 0 Å². The highest BCUT2D eigenvalue weighted by molar-refractivity contribution is 5.11. The van der Waals surface area contributed by atoms with Crippen LogP contribution in [-0.2, 0) is 7.05 Å². The fourth-order valence-electron chi connectivity index (χ4n) is 2.18. The minimum atomic E-state index is 0.0471. The number of nitrogens with one attached hydrogen (secondary N) is 1. The molecule has 1 rings (SSSR count). The van der Waals surface area contributed by atoms with Crippen molar-refractivity contribution in [2.75, 3.05) is 20.6 Å². The molecule has 1 heterocycles. The van der Waals surface area contributed by atoms with Crippen molar-refractivity contribution < 1.29 is 0 Å². The molecule has 0 amide bonds. The molecule has 1 aromatic rings. The van der Waals surface area contributed by atoms with E-state index in [2.05, 4.69) is 55.4 Å². The van der Waals surface area contributed by atoms with E-state index in [1.165, 1.54) is 0 Å². The van der Waals surface area contributed by atoms with Crippen LogP contribution in [-0.4, -0.2) is 46.1 Å². The van der Waals surface area contributed by atoms with Crippen LogP contribution in [0.1, 0.15) is 38.9 Å². The zero-order chi connectivity index (χ0) is 13.1. The normalized spacial score (nSPS) is 17.1. The lowest BCUT2D eigenvalue weighted by Crippen LogP contribution is -2.51. The minimum absolute atomic E-state index is 0.0471. The molecule has 5 heteroatoms. The van der Waals surface area contributed by atoms with Gasteiger partial charge < -0.3 is 10.2 Å². The standard InChI is InChI=1S/C12H25N5/c1-7-12(3,16(4)5)11(13-8-2)10-9-14-15-17(10)6/h9,11,13H,7-8H2,1-6H3. The number of hydrogen-bond donors (Lipinski definition) is 1. The highest BCUT2D eigenvalue weighted by Gasteiger charge is 2.37. The highest BCUT2D eigenvalue weighted by Crippen LogP contribution is 2.31. The molecular formula is C12H25N5. The van der Waals surface area contributed by atoms with Crippen molar-refractivity contribution in [3.8, 4) is 0 Å². The third kappa shape index (κ3) is 2.66. The van der Waals surface area contributed by atoms with Crippen LogP contribution in [0.25, 0.3) is 0 Å². The van der Waals surface area contributed by atoms with Gasteiger partial charge in [0.2, 0.25) is 0 Å². The summed E-state index contributed by atoms with van der Waals surface area (Å²) in [6.45, 7) is 7.54. The molecule has 1 aromatic heterocycles. The molecule has 0 radical (unpaired) electrons. The summed E-state index contributed by atoms with van der Waals surface area (Å²) in [5.74, 6) is 0. The van der Waals surface area contributed by atoms with Crippen LogP contribution in [0.15, 0.2) is 6.20 Å². The first-order chi connectivity index (χ1) is 7.97. The fraction of sp³-hybridized carbons (Fsp3) is 0.833. The van der Waals surface area contributed by atoms with E-state index in [1.54, 1.807) is 0 Å². The number of aromatic nitrogens is 3. The van der Waals surface area contributed by atoms with Gasteiger partial charge in [-0.2, -0.15) is 0 Å². The minimum Gasteiger partial charge on any atom is -0.307 e. The first-order valence-corrected chi connectivity index (χ1v) is 6.22. The molecule has 0 aliphatic carbocycles. The average molecular weight is 239 g/mol. The Hall–Kier alpha value is -0.940. The molecule has 0 aromatic carbocycles. The van der Waals surface area contributed by atoms with Crippen molar-refractivity contribution in [2.45, 2.75) is 38.8 Å². The van der Waals surface area contributed by atoms with Gasteiger partial charge in [0, 0.05) is 12.6 Å². The van der Waals surface area contributed by atoms with E-state index in [-0.39, 0.29) is 11.6 Å². The molecule has 1 N–H and O–H groups in total. The summed E-state index contributed by atoms with van der Waals surface area (Å²) in [7, 11) is 6.19. The predicted octanol–water partition coefficient (Wildman–Crippen LogP) is 1.20. The van der Waals surface area contributed by atoms with Gasteiger partial charge >= 0.3 is 0 Å². The summed E-state index contributed by atoms with van der Waals surface area (Å²) in [5, 5.41) is 11.6. The van der Waals surface area contributed by atoms with Crippen LogP contribution in [0, 0.1) is 0 Å². The number of likely N-dealkylation sites (N-methyl/N-ethyl adjacent to an activating group) is 2. The molecule has 0 spiro atoms. The number of rotatable bonds is 6. The summed E-state index contributed by atoms with van der Waals surface area (Å²) in [4.78, 5) is 2.27. The van der Waals surface area contributed by atoms with Crippen LogP contribution in [0.4, 0.5) is 0 Å². The zero-order valence-electron chi connectivity index (χ0n) is 11.9. The molecule has 0 fully saturated rings. The van der Waals surface area contributed by atoms with Crippen molar-refractivity contribution in [3.63, 3.8) is 0 Å². The van der Waals surface area contributed by atoms with Crippen molar-refractivity contribution in [1.82, 2.24) is 25.2 Å². The Morgan fingerprint density at radius 2 is 2.12 bits per heavy atom. The lowest BCUT2D eigenvalue weighted by atomic mass is 9.86. The highest BCUT2D eigenvalue weighted by atomic mass is 15.4. The molecule has 2 unspecified atom stereocenters. The van der Waals surface area contributed by atoms with Crippen molar-refractivity contribution in [1.29, 1.82) is 0 Å². The van der Waals surface area contributed by atoms with Gasteiger partial charge in [0.1, 0.15) is 0 Å². The van der Waals surface area contributed by atoms with E-state index < -0.39 is 0 Å². The van der Waals surface area contributed by atoms with E-state index in [0.717, 1.165) is 18.7 Å². The van der Waals surface area contributed by atoms with E-state index >= 15 is 0 Å². The Balaban J connectivity index is 3.12. The lowest BCUT2D eigenvalue weighted by molar-refractivity contribution is 0.109. The van der Waals surface area contributed by atoms with Gasteiger partial charge in [0.05, 0.1) is 17.9 Å². The van der Waals surface area contributed by atoms with Crippen molar-refractivity contribution in [3.05, 3.63) is 11.9 Å². The molecule has 0 saturated carbocycles. The van der Waals surface area contributed by atoms with E-state index in [9.17, 15) is 0 Å². The van der Waals surface area contributed by atoms with Gasteiger partial charge in [-0.3, -0.25) is 4.68 Å². The molecule has 0 aliphatic rings. The summed E-state index contributed by atoms with van der Waals surface area (Å²) >= 11 is 0. The van der Waals surface area contributed by atoms with Gasteiger partial charge in [-0.15, -0.1) is 5.10 Å². The van der Waals surface area contributed by atoms with E-state index in [0.29, 0.717) is 0 Å². The molecule has 17 heavy (non-hydrogen) atoms. The second-order valence-corrected chi connectivity index (χ2v) is 4.88. The second-order valence-electron chi connectivity index (χ2n) is 4.88. The van der Waals surface area contributed by atoms with Crippen LogP contribution in [0.5, 0.6) is 0 Å². The third-order valence-corrected chi connectivity index (χ3v) is 3.81. The predicted molar refractivity (Wildman–Crippen MR) is 69.8 cm³/mol. The van der Waals surface area contributed by atoms with Crippen molar-refractivity contribution >= 4 is 0 Å². The Morgan fingerprint density at radius 3 is 2.47 bits per heavy atom. The smallest absolute Gasteiger partial charge is 0.0772 e. The SMILES string of the molecule is CCNC(c1cnnn1C)C(C)(CC)N(C)C. The quantitative estimate of drug-likeness (QED) is 0.810. The Morgan fingerprint density at radius 1 is 1.47 bits per heavy atom. The molecule has 98 valence electrons. The van der Waals surface area contributed by atoms with Gasteiger partial charge in [-0.1, -0.05) is 19.1 Å². The Kier molecular flexibility index (Phi) is 4.65. The zero-order valence-corrected chi connectivity index (χ0v) is 11.9. The van der Waals surface area contributed by atoms with Gasteiger partial charge in [-0.25, -0.2) is 0 Å². The Labute approximate surface area is 104 Å². The van der Waals surface area contributed by atoms with Crippen LogP contribution < -0.4 is 5.32 Å². The number of nitrogens with zero attached hydrogens (tertiary/aromatic N) is 4. The van der Waals surface area contributed by atoms with E-state index in [1.807, 2.05) is 17.9 Å². The van der Waals surface area contributed by atoms with Gasteiger partial charge in [0.25, 0.3) is 0 Å². The monoisotopic (exact) mass is 239 g/mol. The Bertz CT molecular complexity index is 346.